The Labute approximate surface area is 268 Å². The Hall–Kier alpha value is -4.62. The van der Waals surface area contributed by atoms with Gasteiger partial charge in [0.15, 0.2) is 12.2 Å². The number of hydrogen-bond donors (Lipinski definition) is 5. The number of aromatic nitrogens is 1. The lowest BCUT2D eigenvalue weighted by Gasteiger charge is -2.39. The van der Waals surface area contributed by atoms with E-state index in [0.29, 0.717) is 18.3 Å². The number of carbonyl (C=O) groups excluding carboxylic acids is 1. The van der Waals surface area contributed by atoms with Crippen molar-refractivity contribution in [3.8, 4) is 5.75 Å². The maximum atomic E-state index is 12.1. The molecule has 2 aromatic carbocycles. The molecule has 46 heavy (non-hydrogen) atoms. The van der Waals surface area contributed by atoms with Gasteiger partial charge < -0.3 is 35.4 Å². The highest BCUT2D eigenvalue weighted by Gasteiger charge is 2.29. The van der Waals surface area contributed by atoms with Gasteiger partial charge in [-0.15, -0.1) is 0 Å². The zero-order valence-corrected chi connectivity index (χ0v) is 25.8. The lowest BCUT2D eigenvalue weighted by molar-refractivity contribution is -0.165. The summed E-state index contributed by atoms with van der Waals surface area (Å²) in [6, 6.07) is 23.8. The Kier molecular flexibility index (Phi) is 14.8. The van der Waals surface area contributed by atoms with Gasteiger partial charge in [0.25, 0.3) is 0 Å². The number of rotatable bonds is 14. The number of ether oxygens (including phenoxy) is 1. The number of aliphatic carboxylic acids is 2. The fourth-order valence-corrected chi connectivity index (χ4v) is 4.94. The Morgan fingerprint density at radius 2 is 1.43 bits per heavy atom. The molecule has 1 aliphatic heterocycles. The fraction of sp³-hybridized carbons (Fsp3) is 0.353. The third-order valence-electron chi connectivity index (χ3n) is 7.41. The quantitative estimate of drug-likeness (QED) is 0.130. The van der Waals surface area contributed by atoms with Gasteiger partial charge in [0.2, 0.25) is 5.91 Å². The van der Waals surface area contributed by atoms with E-state index in [4.69, 9.17) is 25.2 Å². The van der Waals surface area contributed by atoms with E-state index in [1.54, 1.807) is 31.7 Å². The highest BCUT2D eigenvalue weighted by atomic mass is 16.5. The molecule has 0 spiro atoms. The Balaban J connectivity index is 0.000000498. The van der Waals surface area contributed by atoms with Gasteiger partial charge in [-0.2, -0.15) is 0 Å². The van der Waals surface area contributed by atoms with Crippen LogP contribution < -0.4 is 10.1 Å². The number of unbranched alkanes of at least 4 members (excludes halogenated alkanes) is 1. The van der Waals surface area contributed by atoms with Crippen LogP contribution in [0.3, 0.4) is 0 Å². The second-order valence-corrected chi connectivity index (χ2v) is 10.7. The van der Waals surface area contributed by atoms with Crippen molar-refractivity contribution in [2.24, 2.45) is 0 Å². The average molecular weight is 635 g/mol. The van der Waals surface area contributed by atoms with Crippen LogP contribution >= 0.6 is 0 Å². The molecule has 2 heterocycles. The van der Waals surface area contributed by atoms with Gasteiger partial charge in [0.05, 0.1) is 19.3 Å². The van der Waals surface area contributed by atoms with Gasteiger partial charge in [-0.25, -0.2) is 9.59 Å². The molecule has 5 N–H and O–H groups in total. The van der Waals surface area contributed by atoms with Gasteiger partial charge in [-0.3, -0.25) is 14.7 Å². The molecule has 0 radical (unpaired) electrons. The van der Waals surface area contributed by atoms with Crippen LogP contribution in [0.2, 0.25) is 0 Å². The zero-order chi connectivity index (χ0) is 33.3. The van der Waals surface area contributed by atoms with Crippen LogP contribution in [0.1, 0.15) is 35.6 Å². The summed E-state index contributed by atoms with van der Waals surface area (Å²) in [6.45, 7) is 5.99. The van der Waals surface area contributed by atoms with Crippen molar-refractivity contribution in [1.82, 2.24) is 20.1 Å². The number of benzene rings is 2. The second kappa shape index (κ2) is 19.0. The number of aliphatic hydroxyl groups is 2. The van der Waals surface area contributed by atoms with Gasteiger partial charge in [-0.05, 0) is 48.2 Å². The van der Waals surface area contributed by atoms with Crippen molar-refractivity contribution in [3.63, 3.8) is 0 Å². The molecule has 3 aromatic rings. The number of aliphatic hydroxyl groups excluding tert-OH is 2. The van der Waals surface area contributed by atoms with Gasteiger partial charge in [0, 0.05) is 45.0 Å². The van der Waals surface area contributed by atoms with Crippen LogP contribution in [0.15, 0.2) is 85.2 Å². The van der Waals surface area contributed by atoms with Gasteiger partial charge in [-0.1, -0.05) is 60.7 Å². The van der Waals surface area contributed by atoms with E-state index in [9.17, 15) is 14.4 Å². The predicted octanol–water partition coefficient (Wildman–Crippen LogP) is 2.28. The fourth-order valence-electron chi connectivity index (χ4n) is 4.94. The molecule has 12 heteroatoms. The minimum atomic E-state index is -2.27. The van der Waals surface area contributed by atoms with Crippen LogP contribution in [-0.2, 0) is 14.4 Å². The first kappa shape index (κ1) is 35.9. The molecule has 12 nitrogen and oxygen atoms in total. The molecule has 1 saturated heterocycles. The van der Waals surface area contributed by atoms with Crippen molar-refractivity contribution in [2.75, 3.05) is 46.4 Å². The number of nitrogens with one attached hydrogen (secondary N) is 1. The summed E-state index contributed by atoms with van der Waals surface area (Å²) < 4.78 is 5.16. The van der Waals surface area contributed by atoms with Crippen LogP contribution in [0, 0.1) is 0 Å². The third-order valence-corrected chi connectivity index (χ3v) is 7.41. The number of pyridine rings is 1. The van der Waals surface area contributed by atoms with Crippen LogP contribution in [-0.4, -0.2) is 112 Å². The number of hydrogen-bond acceptors (Lipinski definition) is 9. The first-order valence-electron chi connectivity index (χ1n) is 15.0. The highest BCUT2D eigenvalue weighted by molar-refractivity contribution is 5.91. The molecule has 1 aliphatic rings. The molecule has 0 saturated carbocycles. The van der Waals surface area contributed by atoms with Crippen LogP contribution in [0.4, 0.5) is 0 Å². The zero-order valence-electron chi connectivity index (χ0n) is 25.8. The van der Waals surface area contributed by atoms with E-state index >= 15 is 0 Å². The van der Waals surface area contributed by atoms with Crippen LogP contribution in [0.25, 0.3) is 6.08 Å². The van der Waals surface area contributed by atoms with Crippen molar-refractivity contribution < 1.29 is 39.5 Å². The SMILES string of the molecule is COc1cncc(/C=C/C(=O)NCCCCN2CCN(C(c3ccccc3)c3ccccc3)CC2)c1.O=C(O)C(O)C(O)C(=O)O. The maximum absolute atomic E-state index is 12.1. The number of carbonyl (C=O) groups is 3. The maximum Gasteiger partial charge on any atom is 0.335 e. The first-order valence-corrected chi connectivity index (χ1v) is 15.0. The van der Waals surface area contributed by atoms with E-state index < -0.39 is 24.1 Å². The summed E-state index contributed by atoms with van der Waals surface area (Å²) in [4.78, 5) is 40.9. The standard InChI is InChI=1S/C30H36N4O2.C4H6O6/c1-36-28-22-25(23-31-24-28)14-15-29(35)32-16-8-9-17-33-18-20-34(21-19-33)30(26-10-4-2-5-11-26)27-12-6-3-7-13-27;5-1(3(7)8)2(6)4(9)10/h2-7,10-15,22-24,30H,8-9,16-21H2,1H3,(H,32,35);1-2,5-6H,(H,7,8)(H,9,10)/b15-14+;. The van der Waals surface area contributed by atoms with Crippen molar-refractivity contribution in [1.29, 1.82) is 0 Å². The molecule has 4 rings (SSSR count). The Morgan fingerprint density at radius 3 is 1.96 bits per heavy atom. The number of methoxy groups -OCH3 is 1. The van der Waals surface area contributed by atoms with E-state index in [-0.39, 0.29) is 5.91 Å². The molecule has 2 unspecified atom stereocenters. The monoisotopic (exact) mass is 634 g/mol. The minimum absolute atomic E-state index is 0.0840. The number of piperazine rings is 1. The summed E-state index contributed by atoms with van der Waals surface area (Å²) in [5, 5.41) is 35.5. The van der Waals surface area contributed by atoms with Crippen molar-refractivity contribution in [3.05, 3.63) is 102 Å². The van der Waals surface area contributed by atoms with E-state index in [1.165, 1.54) is 11.1 Å². The number of amides is 1. The van der Waals surface area contributed by atoms with E-state index in [2.05, 4.69) is 80.8 Å². The second-order valence-electron chi connectivity index (χ2n) is 10.7. The smallest absolute Gasteiger partial charge is 0.335 e. The topological polar surface area (TPSA) is 173 Å². The summed E-state index contributed by atoms with van der Waals surface area (Å²) in [5.74, 6) is -2.95. The largest absolute Gasteiger partial charge is 0.495 e. The van der Waals surface area contributed by atoms with Crippen molar-refractivity contribution in [2.45, 2.75) is 31.1 Å². The molecule has 1 aromatic heterocycles. The lowest BCUT2D eigenvalue weighted by atomic mass is 9.96. The Morgan fingerprint density at radius 1 is 0.870 bits per heavy atom. The van der Waals surface area contributed by atoms with Gasteiger partial charge in [0.1, 0.15) is 5.75 Å². The molecule has 0 bridgehead atoms. The third kappa shape index (κ3) is 11.7. The average Bonchev–Trinajstić information content (AvgIpc) is 3.08. The molecule has 0 aliphatic carbocycles. The summed E-state index contributed by atoms with van der Waals surface area (Å²) in [6.07, 6.45) is 4.15. The number of carboxylic acids is 2. The summed E-state index contributed by atoms with van der Waals surface area (Å²) in [7, 11) is 1.60. The van der Waals surface area contributed by atoms with Gasteiger partial charge >= 0.3 is 11.9 Å². The molecular formula is C34H42N4O8. The lowest BCUT2D eigenvalue weighted by Crippen LogP contribution is -2.48. The molecule has 1 fully saturated rings. The van der Waals surface area contributed by atoms with Crippen molar-refractivity contribution >= 4 is 23.9 Å². The van der Waals surface area contributed by atoms with Crippen LogP contribution in [0.5, 0.6) is 5.75 Å². The van der Waals surface area contributed by atoms with E-state index in [0.717, 1.165) is 51.1 Å². The molecule has 1 amide bonds. The molecule has 246 valence electrons. The number of carboxylic acid groups (broad SMARTS) is 2. The normalized spacial score (nSPS) is 15.0. The van der Waals surface area contributed by atoms with E-state index in [1.807, 2.05) is 6.07 Å². The summed E-state index contributed by atoms with van der Waals surface area (Å²) >= 11 is 0. The first-order chi connectivity index (χ1) is 22.2. The molecular weight excluding hydrogens is 592 g/mol. The summed E-state index contributed by atoms with van der Waals surface area (Å²) in [5.41, 5.74) is 3.54. The molecule has 2 atom stereocenters. The predicted molar refractivity (Wildman–Crippen MR) is 172 cm³/mol. The number of nitrogens with zero attached hydrogens (tertiary/aromatic N) is 3. The minimum Gasteiger partial charge on any atom is -0.495 e. The highest BCUT2D eigenvalue weighted by Crippen LogP contribution is 2.29. The Bertz CT molecular complexity index is 1340.